The van der Waals surface area contributed by atoms with E-state index in [1.807, 2.05) is 30.3 Å². The van der Waals surface area contributed by atoms with Crippen LogP contribution in [0, 0.1) is 0 Å². The Morgan fingerprint density at radius 1 is 1.15 bits per heavy atom. The monoisotopic (exact) mass is 272 g/mol. The molecule has 0 aliphatic heterocycles. The Balaban J connectivity index is 1.82. The fraction of sp³-hybridized carbons (Fsp3) is 0.200. The number of furan rings is 1. The lowest BCUT2D eigenvalue weighted by molar-refractivity contribution is -0.122. The molecule has 0 saturated carbocycles. The Hall–Kier alpha value is -2.56. The molecular weight excluding hydrogens is 256 g/mol. The average molecular weight is 272 g/mol. The SMILES string of the molecule is CC(NC(=O)c1ccco1)C(=O)NCc1ccccc1. The van der Waals surface area contributed by atoms with Crippen molar-refractivity contribution >= 4 is 11.8 Å². The molecule has 2 N–H and O–H groups in total. The molecule has 20 heavy (non-hydrogen) atoms. The Kier molecular flexibility index (Phi) is 4.55. The van der Waals surface area contributed by atoms with Gasteiger partial charge in [-0.05, 0) is 24.6 Å². The van der Waals surface area contributed by atoms with Crippen LogP contribution in [-0.2, 0) is 11.3 Å². The van der Waals surface area contributed by atoms with E-state index in [1.54, 1.807) is 19.1 Å². The van der Waals surface area contributed by atoms with Crippen molar-refractivity contribution in [2.75, 3.05) is 0 Å². The molecule has 2 rings (SSSR count). The number of hydrogen-bond donors (Lipinski definition) is 2. The first-order chi connectivity index (χ1) is 9.66. The van der Waals surface area contributed by atoms with Gasteiger partial charge in [-0.25, -0.2) is 0 Å². The Bertz CT molecular complexity index is 564. The fourth-order valence-corrected chi connectivity index (χ4v) is 1.68. The normalized spacial score (nSPS) is 11.7. The van der Waals surface area contributed by atoms with Crippen molar-refractivity contribution in [1.29, 1.82) is 0 Å². The van der Waals surface area contributed by atoms with Crippen LogP contribution in [0.3, 0.4) is 0 Å². The molecule has 2 aromatic rings. The third-order valence-electron chi connectivity index (χ3n) is 2.80. The maximum atomic E-state index is 11.9. The van der Waals surface area contributed by atoms with Gasteiger partial charge in [0.25, 0.3) is 5.91 Å². The third-order valence-corrected chi connectivity index (χ3v) is 2.80. The highest BCUT2D eigenvalue weighted by molar-refractivity contribution is 5.95. The van der Waals surface area contributed by atoms with E-state index in [1.165, 1.54) is 6.26 Å². The zero-order valence-electron chi connectivity index (χ0n) is 11.1. The summed E-state index contributed by atoms with van der Waals surface area (Å²) < 4.78 is 4.96. The van der Waals surface area contributed by atoms with E-state index in [0.29, 0.717) is 6.54 Å². The fourth-order valence-electron chi connectivity index (χ4n) is 1.68. The molecule has 5 heteroatoms. The zero-order chi connectivity index (χ0) is 14.4. The summed E-state index contributed by atoms with van der Waals surface area (Å²) in [5, 5.41) is 5.34. The third kappa shape index (κ3) is 3.71. The van der Waals surface area contributed by atoms with Gasteiger partial charge in [0.1, 0.15) is 6.04 Å². The van der Waals surface area contributed by atoms with Gasteiger partial charge < -0.3 is 15.1 Å². The number of hydrogen-bond acceptors (Lipinski definition) is 3. The van der Waals surface area contributed by atoms with E-state index in [9.17, 15) is 9.59 Å². The highest BCUT2D eigenvalue weighted by atomic mass is 16.3. The van der Waals surface area contributed by atoms with Gasteiger partial charge in [0, 0.05) is 6.54 Å². The molecule has 0 radical (unpaired) electrons. The molecule has 0 fully saturated rings. The lowest BCUT2D eigenvalue weighted by Gasteiger charge is -2.13. The molecule has 0 aliphatic rings. The first-order valence-electron chi connectivity index (χ1n) is 6.33. The maximum absolute atomic E-state index is 11.9. The van der Waals surface area contributed by atoms with Crippen LogP contribution in [0.15, 0.2) is 53.1 Å². The van der Waals surface area contributed by atoms with E-state index >= 15 is 0 Å². The number of amides is 2. The number of carbonyl (C=O) groups excluding carboxylic acids is 2. The average Bonchev–Trinajstić information content (AvgIpc) is 3.00. The van der Waals surface area contributed by atoms with E-state index in [4.69, 9.17) is 4.42 Å². The predicted molar refractivity (Wildman–Crippen MR) is 73.9 cm³/mol. The Morgan fingerprint density at radius 2 is 1.90 bits per heavy atom. The lowest BCUT2D eigenvalue weighted by atomic mass is 10.2. The number of rotatable bonds is 5. The number of nitrogens with one attached hydrogen (secondary N) is 2. The van der Waals surface area contributed by atoms with Crippen LogP contribution in [0.25, 0.3) is 0 Å². The molecule has 0 aliphatic carbocycles. The minimum Gasteiger partial charge on any atom is -0.459 e. The molecule has 0 bridgehead atoms. The summed E-state index contributed by atoms with van der Waals surface area (Å²) in [6.07, 6.45) is 1.41. The van der Waals surface area contributed by atoms with Crippen LogP contribution >= 0.6 is 0 Å². The van der Waals surface area contributed by atoms with Crippen LogP contribution < -0.4 is 10.6 Å². The minimum absolute atomic E-state index is 0.188. The molecule has 1 aromatic carbocycles. The smallest absolute Gasteiger partial charge is 0.287 e. The number of benzene rings is 1. The van der Waals surface area contributed by atoms with E-state index in [2.05, 4.69) is 10.6 Å². The number of carbonyl (C=O) groups is 2. The van der Waals surface area contributed by atoms with Gasteiger partial charge in [-0.1, -0.05) is 30.3 Å². The van der Waals surface area contributed by atoms with Gasteiger partial charge in [0.15, 0.2) is 5.76 Å². The molecule has 1 aromatic heterocycles. The summed E-state index contributed by atoms with van der Waals surface area (Å²) in [5.74, 6) is -0.459. The Morgan fingerprint density at radius 3 is 2.55 bits per heavy atom. The van der Waals surface area contributed by atoms with Crippen molar-refractivity contribution in [3.8, 4) is 0 Å². The highest BCUT2D eigenvalue weighted by Gasteiger charge is 2.17. The van der Waals surface area contributed by atoms with Crippen molar-refractivity contribution in [3.05, 3.63) is 60.1 Å². The van der Waals surface area contributed by atoms with Gasteiger partial charge in [-0.15, -0.1) is 0 Å². The second kappa shape index (κ2) is 6.56. The second-order valence-electron chi connectivity index (χ2n) is 4.38. The van der Waals surface area contributed by atoms with Crippen molar-refractivity contribution in [2.45, 2.75) is 19.5 Å². The highest BCUT2D eigenvalue weighted by Crippen LogP contribution is 2.01. The van der Waals surface area contributed by atoms with Crippen molar-refractivity contribution in [1.82, 2.24) is 10.6 Å². The molecular formula is C15H16N2O3. The second-order valence-corrected chi connectivity index (χ2v) is 4.38. The van der Waals surface area contributed by atoms with Gasteiger partial charge in [0.2, 0.25) is 5.91 Å². The minimum atomic E-state index is -0.628. The Labute approximate surface area is 117 Å². The first kappa shape index (κ1) is 13.9. The molecule has 104 valence electrons. The summed E-state index contributed by atoms with van der Waals surface area (Å²) in [7, 11) is 0. The molecule has 1 heterocycles. The standard InChI is InChI=1S/C15H16N2O3/c1-11(17-15(19)13-8-5-9-20-13)14(18)16-10-12-6-3-2-4-7-12/h2-9,11H,10H2,1H3,(H,16,18)(H,17,19). The van der Waals surface area contributed by atoms with E-state index < -0.39 is 11.9 Å². The molecule has 0 spiro atoms. The molecule has 1 unspecified atom stereocenters. The first-order valence-corrected chi connectivity index (χ1v) is 6.33. The van der Waals surface area contributed by atoms with E-state index in [0.717, 1.165) is 5.56 Å². The summed E-state index contributed by atoms with van der Waals surface area (Å²) in [6.45, 7) is 2.06. The molecule has 2 amide bonds. The van der Waals surface area contributed by atoms with Crippen molar-refractivity contribution < 1.29 is 14.0 Å². The largest absolute Gasteiger partial charge is 0.459 e. The van der Waals surface area contributed by atoms with Crippen LogP contribution in [0.4, 0.5) is 0 Å². The van der Waals surface area contributed by atoms with Gasteiger partial charge in [-0.2, -0.15) is 0 Å². The van der Waals surface area contributed by atoms with Crippen LogP contribution in [0.5, 0.6) is 0 Å². The molecule has 0 saturated heterocycles. The summed E-state index contributed by atoms with van der Waals surface area (Å²) in [4.78, 5) is 23.6. The van der Waals surface area contributed by atoms with Gasteiger partial charge in [-0.3, -0.25) is 9.59 Å². The van der Waals surface area contributed by atoms with Crippen LogP contribution in [0.1, 0.15) is 23.0 Å². The molecule has 5 nitrogen and oxygen atoms in total. The van der Waals surface area contributed by atoms with Crippen molar-refractivity contribution in [2.24, 2.45) is 0 Å². The summed E-state index contributed by atoms with van der Waals surface area (Å²) >= 11 is 0. The maximum Gasteiger partial charge on any atom is 0.287 e. The van der Waals surface area contributed by atoms with Gasteiger partial charge in [0.05, 0.1) is 6.26 Å². The summed E-state index contributed by atoms with van der Waals surface area (Å²) in [5.41, 5.74) is 1.01. The van der Waals surface area contributed by atoms with Crippen LogP contribution in [0.2, 0.25) is 0 Å². The van der Waals surface area contributed by atoms with Gasteiger partial charge >= 0.3 is 0 Å². The predicted octanol–water partition coefficient (Wildman–Crippen LogP) is 1.71. The topological polar surface area (TPSA) is 71.3 Å². The molecule has 1 atom stereocenters. The van der Waals surface area contributed by atoms with E-state index in [-0.39, 0.29) is 11.7 Å². The summed E-state index contributed by atoms with van der Waals surface area (Å²) in [6, 6.07) is 12.1. The quantitative estimate of drug-likeness (QED) is 0.870. The van der Waals surface area contributed by atoms with Crippen LogP contribution in [-0.4, -0.2) is 17.9 Å². The zero-order valence-corrected chi connectivity index (χ0v) is 11.1. The van der Waals surface area contributed by atoms with Crippen molar-refractivity contribution in [3.63, 3.8) is 0 Å². The lowest BCUT2D eigenvalue weighted by Crippen LogP contribution is -2.44.